The highest BCUT2D eigenvalue weighted by Crippen LogP contribution is 2.44. The molecule has 176 valence electrons. The molecule has 6 nitrogen and oxygen atoms in total. The first-order valence-corrected chi connectivity index (χ1v) is 11.0. The van der Waals surface area contributed by atoms with Gasteiger partial charge in [-0.1, -0.05) is 55.3 Å². The summed E-state index contributed by atoms with van der Waals surface area (Å²) >= 11 is 6.33. The number of halogens is 3. The van der Waals surface area contributed by atoms with E-state index in [1.807, 2.05) is 6.92 Å². The lowest BCUT2D eigenvalue weighted by Crippen LogP contribution is -2.30. The Morgan fingerprint density at radius 3 is 2.38 bits per heavy atom. The molecule has 0 aromatic heterocycles. The number of benzene rings is 3. The minimum Gasteiger partial charge on any atom is -0.481 e. The van der Waals surface area contributed by atoms with E-state index >= 15 is 0 Å². The number of aliphatic carboxylic acids is 1. The zero-order valence-electron chi connectivity index (χ0n) is 18.1. The van der Waals surface area contributed by atoms with E-state index in [1.165, 1.54) is 18.2 Å². The van der Waals surface area contributed by atoms with Gasteiger partial charge in [0.15, 0.2) is 0 Å². The van der Waals surface area contributed by atoms with E-state index in [0.29, 0.717) is 28.3 Å². The van der Waals surface area contributed by atoms with E-state index in [0.717, 1.165) is 17.7 Å². The van der Waals surface area contributed by atoms with Gasteiger partial charge in [0.05, 0.1) is 28.3 Å². The van der Waals surface area contributed by atoms with Crippen LogP contribution in [-0.4, -0.2) is 29.5 Å². The predicted octanol–water partition coefficient (Wildman–Crippen LogP) is 5.86. The fourth-order valence-corrected chi connectivity index (χ4v) is 4.58. The average Bonchev–Trinajstić information content (AvgIpc) is 3.03. The van der Waals surface area contributed by atoms with Gasteiger partial charge in [0, 0.05) is 5.39 Å². The molecule has 9 heteroatoms. The summed E-state index contributed by atoms with van der Waals surface area (Å²) in [4.78, 5) is 39.0. The number of carbonyl (C=O) groups is 3. The van der Waals surface area contributed by atoms with Crippen molar-refractivity contribution in [1.82, 2.24) is 0 Å². The number of unbranched alkanes of at least 4 members (excludes halogenated alkanes) is 1. The van der Waals surface area contributed by atoms with Gasteiger partial charge >= 0.3 is 12.6 Å². The molecule has 4 rings (SSSR count). The number of anilines is 1. The molecule has 1 N–H and O–H groups in total. The molecule has 0 aliphatic carbocycles. The first-order valence-electron chi connectivity index (χ1n) is 10.7. The molecule has 0 fully saturated rings. The number of ether oxygens (including phenoxy) is 1. The summed E-state index contributed by atoms with van der Waals surface area (Å²) in [5.74, 6) is -2.93. The van der Waals surface area contributed by atoms with Crippen LogP contribution in [-0.2, 0) is 17.6 Å². The standard InChI is InChI=1S/C25H20ClF2NO5/c1-2-3-6-15-14-7-4-5-8-16(14)22(34-25(27)28)21-20(15)23(32)29(24(21)33)18-10-9-13(11-17(18)26)12-19(30)31/h4-5,7-11,25H,2-3,6,12H2,1H3,(H,30,31). The summed E-state index contributed by atoms with van der Waals surface area (Å²) < 4.78 is 31.5. The lowest BCUT2D eigenvalue weighted by molar-refractivity contribution is -0.136. The molecule has 0 bridgehead atoms. The van der Waals surface area contributed by atoms with Crippen LogP contribution in [0.1, 0.15) is 51.6 Å². The SMILES string of the molecule is CCCCc1c2c(c(OC(F)F)c3ccccc13)C(=O)N(c1ccc(CC(=O)O)cc1Cl)C2=O. The summed E-state index contributed by atoms with van der Waals surface area (Å²) in [6.45, 7) is -1.22. The molecule has 3 aromatic rings. The van der Waals surface area contributed by atoms with Gasteiger partial charge in [-0.3, -0.25) is 14.4 Å². The Bertz CT molecular complexity index is 1320. The molecule has 34 heavy (non-hydrogen) atoms. The maximum Gasteiger partial charge on any atom is 0.387 e. The Morgan fingerprint density at radius 1 is 1.09 bits per heavy atom. The highest BCUT2D eigenvalue weighted by molar-refractivity contribution is 6.41. The third-order valence-electron chi connectivity index (χ3n) is 5.71. The molecule has 1 aliphatic rings. The summed E-state index contributed by atoms with van der Waals surface area (Å²) in [7, 11) is 0. The number of nitrogens with zero attached hydrogens (tertiary/aromatic N) is 1. The quantitative estimate of drug-likeness (QED) is 0.402. The van der Waals surface area contributed by atoms with Crippen molar-refractivity contribution in [3.8, 4) is 5.75 Å². The van der Waals surface area contributed by atoms with E-state index in [1.54, 1.807) is 24.3 Å². The van der Waals surface area contributed by atoms with Crippen LogP contribution in [0.2, 0.25) is 5.02 Å². The Kier molecular flexibility index (Phi) is 6.52. The first kappa shape index (κ1) is 23.6. The van der Waals surface area contributed by atoms with Crippen molar-refractivity contribution in [2.75, 3.05) is 4.90 Å². The van der Waals surface area contributed by atoms with Crippen molar-refractivity contribution in [3.63, 3.8) is 0 Å². The van der Waals surface area contributed by atoms with Gasteiger partial charge in [-0.2, -0.15) is 8.78 Å². The number of hydrogen-bond donors (Lipinski definition) is 1. The molecule has 1 heterocycles. The Labute approximate surface area is 198 Å². The van der Waals surface area contributed by atoms with Gasteiger partial charge in [-0.05, 0) is 41.5 Å². The summed E-state index contributed by atoms with van der Waals surface area (Å²) in [5, 5.41) is 9.87. The van der Waals surface area contributed by atoms with Gasteiger partial charge in [0.2, 0.25) is 0 Å². The second-order valence-electron chi connectivity index (χ2n) is 7.89. The Balaban J connectivity index is 1.94. The molecule has 0 saturated carbocycles. The van der Waals surface area contributed by atoms with E-state index in [-0.39, 0.29) is 34.0 Å². The van der Waals surface area contributed by atoms with Gasteiger partial charge in [-0.15, -0.1) is 0 Å². The number of alkyl halides is 2. The van der Waals surface area contributed by atoms with Crippen molar-refractivity contribution in [2.24, 2.45) is 0 Å². The number of imide groups is 1. The monoisotopic (exact) mass is 487 g/mol. The zero-order valence-corrected chi connectivity index (χ0v) is 18.9. The molecule has 0 radical (unpaired) electrons. The average molecular weight is 488 g/mol. The summed E-state index contributed by atoms with van der Waals surface area (Å²) in [6, 6.07) is 10.9. The van der Waals surface area contributed by atoms with Gasteiger partial charge in [0.1, 0.15) is 5.75 Å². The van der Waals surface area contributed by atoms with Crippen molar-refractivity contribution < 1.29 is 33.0 Å². The number of fused-ring (bicyclic) bond motifs is 2. The van der Waals surface area contributed by atoms with Crippen LogP contribution >= 0.6 is 11.6 Å². The number of carboxylic acids is 1. The lowest BCUT2D eigenvalue weighted by Gasteiger charge is -2.16. The molecule has 0 spiro atoms. The Hall–Kier alpha value is -3.52. The van der Waals surface area contributed by atoms with Crippen LogP contribution in [0.25, 0.3) is 10.8 Å². The number of aryl methyl sites for hydroxylation is 1. The Morgan fingerprint density at radius 2 is 1.76 bits per heavy atom. The minimum atomic E-state index is -3.20. The third kappa shape index (κ3) is 4.09. The van der Waals surface area contributed by atoms with Gasteiger partial charge in [-0.25, -0.2) is 4.90 Å². The maximum absolute atomic E-state index is 13.6. The number of rotatable bonds is 8. The van der Waals surface area contributed by atoms with Crippen molar-refractivity contribution >= 4 is 45.8 Å². The van der Waals surface area contributed by atoms with E-state index in [9.17, 15) is 23.2 Å². The second kappa shape index (κ2) is 9.38. The van der Waals surface area contributed by atoms with E-state index in [4.69, 9.17) is 21.4 Å². The highest BCUT2D eigenvalue weighted by atomic mass is 35.5. The predicted molar refractivity (Wildman–Crippen MR) is 123 cm³/mol. The number of hydrogen-bond acceptors (Lipinski definition) is 4. The van der Waals surface area contributed by atoms with Crippen LogP contribution in [0.15, 0.2) is 42.5 Å². The van der Waals surface area contributed by atoms with Crippen molar-refractivity contribution in [2.45, 2.75) is 39.2 Å². The van der Waals surface area contributed by atoms with Crippen LogP contribution in [0.4, 0.5) is 14.5 Å². The van der Waals surface area contributed by atoms with Gasteiger partial charge in [0.25, 0.3) is 11.8 Å². The number of amides is 2. The lowest BCUT2D eigenvalue weighted by atomic mass is 9.91. The molecular weight excluding hydrogens is 468 g/mol. The fraction of sp³-hybridized carbons (Fsp3) is 0.240. The molecule has 2 amide bonds. The maximum atomic E-state index is 13.6. The smallest absolute Gasteiger partial charge is 0.387 e. The summed E-state index contributed by atoms with van der Waals surface area (Å²) in [5.41, 5.74) is 0.817. The minimum absolute atomic E-state index is 0.00996. The third-order valence-corrected chi connectivity index (χ3v) is 6.01. The highest BCUT2D eigenvalue weighted by Gasteiger charge is 2.43. The summed E-state index contributed by atoms with van der Waals surface area (Å²) in [6.07, 6.45) is 1.71. The topological polar surface area (TPSA) is 83.9 Å². The molecule has 0 saturated heterocycles. The molecule has 3 aromatic carbocycles. The number of carbonyl (C=O) groups excluding carboxylic acids is 2. The van der Waals surface area contributed by atoms with Crippen LogP contribution in [0.3, 0.4) is 0 Å². The molecule has 0 atom stereocenters. The fourth-order valence-electron chi connectivity index (χ4n) is 4.29. The second-order valence-corrected chi connectivity index (χ2v) is 8.29. The van der Waals surface area contributed by atoms with E-state index < -0.39 is 24.4 Å². The van der Waals surface area contributed by atoms with Gasteiger partial charge < -0.3 is 9.84 Å². The molecule has 0 unspecified atom stereocenters. The van der Waals surface area contributed by atoms with Crippen LogP contribution in [0, 0.1) is 0 Å². The molecule has 1 aliphatic heterocycles. The van der Waals surface area contributed by atoms with Crippen LogP contribution in [0.5, 0.6) is 5.75 Å². The van der Waals surface area contributed by atoms with Crippen LogP contribution < -0.4 is 9.64 Å². The number of carboxylic acid groups (broad SMARTS) is 1. The first-order chi connectivity index (χ1) is 16.2. The normalized spacial score (nSPS) is 13.1. The van der Waals surface area contributed by atoms with E-state index in [2.05, 4.69) is 0 Å². The zero-order chi connectivity index (χ0) is 24.6. The molecular formula is C25H20ClF2NO5. The van der Waals surface area contributed by atoms with Crippen molar-refractivity contribution in [1.29, 1.82) is 0 Å². The largest absolute Gasteiger partial charge is 0.481 e. The van der Waals surface area contributed by atoms with Crippen molar-refractivity contribution in [3.05, 3.63) is 69.7 Å².